The molecule has 0 N–H and O–H groups in total. The minimum absolute atomic E-state index is 0.651. The highest BCUT2D eigenvalue weighted by Crippen LogP contribution is 1.95. The largest absolute Gasteiger partial charge is 0.450 e. The molecule has 0 aliphatic heterocycles. The second-order valence-electron chi connectivity index (χ2n) is 2.08. The van der Waals surface area contributed by atoms with Crippen molar-refractivity contribution in [1.82, 2.24) is 0 Å². The van der Waals surface area contributed by atoms with E-state index in [2.05, 4.69) is 30.6 Å². The van der Waals surface area contributed by atoms with Crippen LogP contribution >= 0.6 is 0 Å². The maximum Gasteiger partial charge on any atom is 0.109 e. The first-order chi connectivity index (χ1) is 3.77. The summed E-state index contributed by atoms with van der Waals surface area (Å²) in [5.74, 6) is 3.51. The van der Waals surface area contributed by atoms with Gasteiger partial charge in [0.05, 0.1) is 7.11 Å². The van der Waals surface area contributed by atoms with Gasteiger partial charge in [0.2, 0.25) is 0 Å². The van der Waals surface area contributed by atoms with Gasteiger partial charge in [0, 0.05) is 6.42 Å². The third-order valence-electron chi connectivity index (χ3n) is 0.685. The molecule has 0 saturated heterocycles. The van der Waals surface area contributed by atoms with Crippen LogP contribution in [0.1, 0.15) is 20.3 Å². The highest BCUT2D eigenvalue weighted by molar-refractivity contribution is 4.91. The van der Waals surface area contributed by atoms with Gasteiger partial charge in [-0.15, -0.1) is 0 Å². The molecule has 0 amide bonds. The predicted octanol–water partition coefficient (Wildman–Crippen LogP) is 1.64. The zero-order valence-corrected chi connectivity index (χ0v) is 5.69. The molecule has 0 aliphatic rings. The number of methoxy groups -OCH3 is 1. The molecule has 1 nitrogen and oxygen atoms in total. The van der Waals surface area contributed by atoms with Crippen molar-refractivity contribution in [1.29, 1.82) is 0 Å². The molecule has 0 spiro atoms. The molecule has 0 heterocycles. The summed E-state index contributed by atoms with van der Waals surface area (Å²) in [4.78, 5) is 0. The van der Waals surface area contributed by atoms with E-state index in [1.165, 1.54) is 0 Å². The van der Waals surface area contributed by atoms with E-state index in [0.717, 1.165) is 6.42 Å². The lowest BCUT2D eigenvalue weighted by Crippen LogP contribution is -1.81. The molecule has 0 aromatic heterocycles. The Morgan fingerprint density at radius 2 is 2.12 bits per heavy atom. The van der Waals surface area contributed by atoms with Crippen molar-refractivity contribution < 1.29 is 4.74 Å². The molecule has 0 fully saturated rings. The molecule has 0 unspecified atom stereocenters. The molecule has 0 rings (SSSR count). The quantitative estimate of drug-likeness (QED) is 0.468. The predicted molar refractivity (Wildman–Crippen MR) is 34.2 cm³/mol. The minimum atomic E-state index is 0.651. The monoisotopic (exact) mass is 112 g/mol. The normalized spacial score (nSPS) is 8.00. The van der Waals surface area contributed by atoms with Crippen molar-refractivity contribution in [2.45, 2.75) is 20.3 Å². The fourth-order valence-corrected chi connectivity index (χ4v) is 0.318. The summed E-state index contributed by atoms with van der Waals surface area (Å²) in [6.45, 7) is 4.26. The van der Waals surface area contributed by atoms with Crippen LogP contribution in [0.2, 0.25) is 0 Å². The van der Waals surface area contributed by atoms with Gasteiger partial charge in [0.25, 0.3) is 0 Å². The summed E-state index contributed by atoms with van der Waals surface area (Å²) in [5, 5.41) is 0. The van der Waals surface area contributed by atoms with Crippen molar-refractivity contribution in [3.63, 3.8) is 0 Å². The SMILES string of the molecule is COC#CCC(C)C. The first kappa shape index (κ1) is 7.36. The average Bonchev–Trinajstić information content (AvgIpc) is 1.66. The second-order valence-corrected chi connectivity index (χ2v) is 2.08. The molecule has 0 aliphatic carbocycles. The standard InChI is InChI=1S/C7H12O/c1-7(2)5-4-6-8-3/h7H,5H2,1-3H3. The highest BCUT2D eigenvalue weighted by Gasteiger charge is 1.85. The zero-order chi connectivity index (χ0) is 6.41. The van der Waals surface area contributed by atoms with Gasteiger partial charge in [-0.05, 0) is 5.92 Å². The Balaban J connectivity index is 3.15. The number of hydrogen-bond acceptors (Lipinski definition) is 1. The maximum absolute atomic E-state index is 4.53. The van der Waals surface area contributed by atoms with E-state index in [1.807, 2.05) is 0 Å². The molecule has 0 aromatic rings. The van der Waals surface area contributed by atoms with E-state index in [9.17, 15) is 0 Å². The Morgan fingerprint density at radius 3 is 2.50 bits per heavy atom. The molecule has 1 heteroatoms. The van der Waals surface area contributed by atoms with Crippen LogP contribution < -0.4 is 0 Å². The Morgan fingerprint density at radius 1 is 1.50 bits per heavy atom. The van der Waals surface area contributed by atoms with Crippen LogP contribution in [-0.4, -0.2) is 7.11 Å². The summed E-state index contributed by atoms with van der Waals surface area (Å²) < 4.78 is 4.53. The van der Waals surface area contributed by atoms with Gasteiger partial charge in [-0.1, -0.05) is 19.8 Å². The van der Waals surface area contributed by atoms with Gasteiger partial charge < -0.3 is 4.74 Å². The third kappa shape index (κ3) is 5.36. The van der Waals surface area contributed by atoms with Gasteiger partial charge in [-0.25, -0.2) is 0 Å². The van der Waals surface area contributed by atoms with E-state index < -0.39 is 0 Å². The van der Waals surface area contributed by atoms with Crippen LogP contribution in [0.25, 0.3) is 0 Å². The maximum atomic E-state index is 4.53. The molecular formula is C7H12O. The van der Waals surface area contributed by atoms with Gasteiger partial charge in [-0.3, -0.25) is 0 Å². The number of hydrogen-bond donors (Lipinski definition) is 0. The van der Waals surface area contributed by atoms with Gasteiger partial charge in [0.15, 0.2) is 0 Å². The van der Waals surface area contributed by atoms with Crippen molar-refractivity contribution in [2.75, 3.05) is 7.11 Å². The van der Waals surface area contributed by atoms with Crippen LogP contribution in [0.15, 0.2) is 0 Å². The molecule has 0 saturated carbocycles. The number of ether oxygens (including phenoxy) is 1. The zero-order valence-electron chi connectivity index (χ0n) is 5.69. The van der Waals surface area contributed by atoms with Crippen molar-refractivity contribution >= 4 is 0 Å². The lowest BCUT2D eigenvalue weighted by Gasteiger charge is -1.91. The van der Waals surface area contributed by atoms with Crippen LogP contribution in [-0.2, 0) is 4.74 Å². The first-order valence-corrected chi connectivity index (χ1v) is 2.78. The van der Waals surface area contributed by atoms with Crippen molar-refractivity contribution in [3.8, 4) is 12.0 Å². The van der Waals surface area contributed by atoms with Crippen LogP contribution in [0.5, 0.6) is 0 Å². The second kappa shape index (κ2) is 4.52. The van der Waals surface area contributed by atoms with E-state index in [4.69, 9.17) is 0 Å². The average molecular weight is 112 g/mol. The number of rotatable bonds is 1. The molecular weight excluding hydrogens is 100 g/mol. The van der Waals surface area contributed by atoms with Crippen LogP contribution in [0.3, 0.4) is 0 Å². The molecule has 0 radical (unpaired) electrons. The summed E-state index contributed by atoms with van der Waals surface area (Å²) in [7, 11) is 1.58. The van der Waals surface area contributed by atoms with Crippen molar-refractivity contribution in [2.24, 2.45) is 5.92 Å². The smallest absolute Gasteiger partial charge is 0.109 e. The van der Waals surface area contributed by atoms with E-state index in [0.29, 0.717) is 5.92 Å². The van der Waals surface area contributed by atoms with Gasteiger partial charge in [-0.2, -0.15) is 0 Å². The summed E-state index contributed by atoms with van der Waals surface area (Å²) in [6.07, 6.45) is 3.45. The summed E-state index contributed by atoms with van der Waals surface area (Å²) in [6, 6.07) is 0. The van der Waals surface area contributed by atoms with E-state index in [-0.39, 0.29) is 0 Å². The Kier molecular flexibility index (Phi) is 4.16. The lowest BCUT2D eigenvalue weighted by molar-refractivity contribution is 0.371. The molecule has 0 aromatic carbocycles. The Bertz CT molecular complexity index is 94.7. The van der Waals surface area contributed by atoms with E-state index in [1.54, 1.807) is 7.11 Å². The third-order valence-corrected chi connectivity index (χ3v) is 0.685. The van der Waals surface area contributed by atoms with Crippen LogP contribution in [0.4, 0.5) is 0 Å². The van der Waals surface area contributed by atoms with Gasteiger partial charge in [0.1, 0.15) is 6.11 Å². The summed E-state index contributed by atoms with van der Waals surface area (Å²) >= 11 is 0. The minimum Gasteiger partial charge on any atom is -0.450 e. The molecule has 46 valence electrons. The van der Waals surface area contributed by atoms with E-state index >= 15 is 0 Å². The van der Waals surface area contributed by atoms with Gasteiger partial charge >= 0.3 is 0 Å². The fourth-order valence-electron chi connectivity index (χ4n) is 0.318. The molecule has 8 heavy (non-hydrogen) atoms. The summed E-state index contributed by atoms with van der Waals surface area (Å²) in [5.41, 5.74) is 0. The van der Waals surface area contributed by atoms with Crippen molar-refractivity contribution in [3.05, 3.63) is 0 Å². The topological polar surface area (TPSA) is 9.23 Å². The molecule has 0 atom stereocenters. The lowest BCUT2D eigenvalue weighted by atomic mass is 10.1. The Labute approximate surface area is 51.0 Å². The first-order valence-electron chi connectivity index (χ1n) is 2.78. The fraction of sp³-hybridized carbons (Fsp3) is 0.714. The Hall–Kier alpha value is -0.640. The highest BCUT2D eigenvalue weighted by atomic mass is 16.5. The molecule has 0 bridgehead atoms. The van der Waals surface area contributed by atoms with Crippen LogP contribution in [0, 0.1) is 17.9 Å².